The molecule has 0 aliphatic heterocycles. The molecule has 5 heteroatoms. The highest BCUT2D eigenvalue weighted by Gasteiger charge is 2.22. The Labute approximate surface area is 106 Å². The van der Waals surface area contributed by atoms with Crippen molar-refractivity contribution in [3.63, 3.8) is 0 Å². The monoisotopic (exact) mass is 261 g/mol. The molecular formula is C12H17ClFNO2. The second-order valence-electron chi connectivity index (χ2n) is 3.64. The summed E-state index contributed by atoms with van der Waals surface area (Å²) in [6.45, 7) is 0. The second kappa shape index (κ2) is 6.91. The Bertz CT molecular complexity index is 338. The molecule has 1 unspecified atom stereocenters. The predicted octanol–water partition coefficient (Wildman–Crippen LogP) is 2.23. The van der Waals surface area contributed by atoms with E-state index in [1.807, 2.05) is 0 Å². The van der Waals surface area contributed by atoms with E-state index in [0.29, 0.717) is 17.0 Å². The summed E-state index contributed by atoms with van der Waals surface area (Å²) in [5.74, 6) is -0.316. The van der Waals surface area contributed by atoms with Gasteiger partial charge in [-0.3, -0.25) is 0 Å². The molecule has 0 aliphatic carbocycles. The maximum absolute atomic E-state index is 13.6. The largest absolute Gasteiger partial charge is 0.354 e. The first-order valence-corrected chi connectivity index (χ1v) is 5.67. The number of ether oxygens (including phenoxy) is 2. The summed E-state index contributed by atoms with van der Waals surface area (Å²) < 4.78 is 23.9. The Balaban J connectivity index is 2.87. The number of nitrogens with one attached hydrogen (secondary N) is 1. The smallest absolute Gasteiger partial charge is 0.172 e. The molecule has 1 aromatic carbocycles. The predicted molar refractivity (Wildman–Crippen MR) is 65.8 cm³/mol. The fraction of sp³-hybridized carbons (Fsp3) is 0.500. The molecule has 0 saturated heterocycles. The quantitative estimate of drug-likeness (QED) is 0.797. The molecule has 1 rings (SSSR count). The van der Waals surface area contributed by atoms with Gasteiger partial charge in [-0.15, -0.1) is 0 Å². The van der Waals surface area contributed by atoms with E-state index in [2.05, 4.69) is 5.32 Å². The van der Waals surface area contributed by atoms with Crippen molar-refractivity contribution < 1.29 is 13.9 Å². The third-order valence-electron chi connectivity index (χ3n) is 2.65. The van der Waals surface area contributed by atoms with Gasteiger partial charge in [0.05, 0.1) is 6.04 Å². The van der Waals surface area contributed by atoms with Crippen LogP contribution < -0.4 is 5.32 Å². The number of hydrogen-bond donors (Lipinski definition) is 1. The number of benzene rings is 1. The molecule has 0 saturated carbocycles. The van der Waals surface area contributed by atoms with E-state index in [-0.39, 0.29) is 11.9 Å². The molecular weight excluding hydrogens is 245 g/mol. The van der Waals surface area contributed by atoms with Gasteiger partial charge >= 0.3 is 0 Å². The maximum atomic E-state index is 13.6. The lowest BCUT2D eigenvalue weighted by Crippen LogP contribution is -2.42. The minimum absolute atomic E-state index is 0.167. The molecule has 96 valence electrons. The first-order valence-electron chi connectivity index (χ1n) is 5.29. The number of likely N-dealkylation sites (N-methyl/N-ethyl adjacent to an activating group) is 1. The summed E-state index contributed by atoms with van der Waals surface area (Å²) in [6.07, 6.45) is -0.0513. The van der Waals surface area contributed by atoms with Gasteiger partial charge in [-0.05, 0) is 25.6 Å². The van der Waals surface area contributed by atoms with E-state index in [9.17, 15) is 4.39 Å². The van der Waals surface area contributed by atoms with Gasteiger partial charge < -0.3 is 14.8 Å². The maximum Gasteiger partial charge on any atom is 0.172 e. The van der Waals surface area contributed by atoms with Gasteiger partial charge in [0.15, 0.2) is 6.29 Å². The summed E-state index contributed by atoms with van der Waals surface area (Å²) in [4.78, 5) is 0. The van der Waals surface area contributed by atoms with Crippen LogP contribution in [0.15, 0.2) is 18.2 Å². The summed E-state index contributed by atoms with van der Waals surface area (Å²) in [6, 6.07) is 4.48. The topological polar surface area (TPSA) is 30.5 Å². The third-order valence-corrected chi connectivity index (χ3v) is 3.00. The van der Waals surface area contributed by atoms with Crippen LogP contribution in [0.2, 0.25) is 5.02 Å². The van der Waals surface area contributed by atoms with Gasteiger partial charge in [-0.1, -0.05) is 17.7 Å². The van der Waals surface area contributed by atoms with Crippen LogP contribution in [0, 0.1) is 5.82 Å². The Hall–Kier alpha value is -0.680. The van der Waals surface area contributed by atoms with Gasteiger partial charge in [-0.2, -0.15) is 0 Å². The Morgan fingerprint density at radius 2 is 2.00 bits per heavy atom. The molecule has 0 aliphatic rings. The van der Waals surface area contributed by atoms with E-state index in [0.717, 1.165) is 0 Å². The van der Waals surface area contributed by atoms with Crippen LogP contribution in [0.5, 0.6) is 0 Å². The number of methoxy groups -OCH3 is 2. The highest BCUT2D eigenvalue weighted by atomic mass is 35.5. The first-order chi connectivity index (χ1) is 8.13. The van der Waals surface area contributed by atoms with Crippen LogP contribution in [0.4, 0.5) is 4.39 Å². The zero-order valence-corrected chi connectivity index (χ0v) is 10.9. The minimum Gasteiger partial charge on any atom is -0.354 e. The van der Waals surface area contributed by atoms with Crippen LogP contribution in [-0.2, 0) is 15.9 Å². The average molecular weight is 262 g/mol. The van der Waals surface area contributed by atoms with E-state index in [1.54, 1.807) is 33.4 Å². The van der Waals surface area contributed by atoms with Gasteiger partial charge in [0.2, 0.25) is 0 Å². The van der Waals surface area contributed by atoms with Crippen molar-refractivity contribution in [3.8, 4) is 0 Å². The van der Waals surface area contributed by atoms with Crippen LogP contribution in [0.25, 0.3) is 0 Å². The van der Waals surface area contributed by atoms with Gasteiger partial charge in [0.1, 0.15) is 5.82 Å². The van der Waals surface area contributed by atoms with Crippen LogP contribution in [0.3, 0.4) is 0 Å². The Morgan fingerprint density at radius 1 is 1.35 bits per heavy atom. The number of rotatable bonds is 6. The standard InChI is InChI=1S/C12H17ClFNO2/c1-15-11(12(16-2)17-3)7-8-9(13)5-4-6-10(8)14/h4-6,11-12,15H,7H2,1-3H3. The normalized spacial score (nSPS) is 13.1. The van der Waals surface area contributed by atoms with Crippen molar-refractivity contribution in [2.75, 3.05) is 21.3 Å². The van der Waals surface area contributed by atoms with Gasteiger partial charge in [-0.25, -0.2) is 4.39 Å². The molecule has 0 amide bonds. The summed E-state index contributed by atoms with van der Waals surface area (Å²) in [5, 5.41) is 3.44. The molecule has 1 atom stereocenters. The lowest BCUT2D eigenvalue weighted by molar-refractivity contribution is -0.121. The SMILES string of the molecule is CNC(Cc1c(F)cccc1Cl)C(OC)OC. The van der Waals surface area contributed by atoms with Crippen molar-refractivity contribution >= 4 is 11.6 Å². The van der Waals surface area contributed by atoms with Crippen LogP contribution in [0.1, 0.15) is 5.56 Å². The second-order valence-corrected chi connectivity index (χ2v) is 4.05. The molecule has 0 bridgehead atoms. The highest BCUT2D eigenvalue weighted by molar-refractivity contribution is 6.31. The van der Waals surface area contributed by atoms with Gasteiger partial charge in [0, 0.05) is 24.8 Å². The van der Waals surface area contributed by atoms with E-state index in [4.69, 9.17) is 21.1 Å². The third kappa shape index (κ3) is 3.64. The molecule has 1 N–H and O–H groups in total. The molecule has 0 aromatic heterocycles. The summed E-state index contributed by atoms with van der Waals surface area (Å²) >= 11 is 5.97. The molecule has 0 fully saturated rings. The average Bonchev–Trinajstić information content (AvgIpc) is 2.33. The molecule has 17 heavy (non-hydrogen) atoms. The van der Waals surface area contributed by atoms with E-state index >= 15 is 0 Å². The first kappa shape index (κ1) is 14.4. The fourth-order valence-corrected chi connectivity index (χ4v) is 1.95. The van der Waals surface area contributed by atoms with Crippen LogP contribution in [-0.4, -0.2) is 33.6 Å². The zero-order valence-electron chi connectivity index (χ0n) is 10.2. The molecule has 3 nitrogen and oxygen atoms in total. The van der Waals surface area contributed by atoms with Crippen LogP contribution >= 0.6 is 11.6 Å². The summed E-state index contributed by atoms with van der Waals surface area (Å²) in [5.41, 5.74) is 0.465. The lowest BCUT2D eigenvalue weighted by atomic mass is 10.0. The Morgan fingerprint density at radius 3 is 2.47 bits per heavy atom. The Kier molecular flexibility index (Phi) is 5.85. The van der Waals surface area contributed by atoms with E-state index < -0.39 is 6.29 Å². The number of hydrogen-bond acceptors (Lipinski definition) is 3. The molecule has 1 aromatic rings. The molecule has 0 heterocycles. The van der Waals surface area contributed by atoms with Crippen molar-refractivity contribution in [1.29, 1.82) is 0 Å². The lowest BCUT2D eigenvalue weighted by Gasteiger charge is -2.24. The van der Waals surface area contributed by atoms with Crippen molar-refractivity contribution in [3.05, 3.63) is 34.6 Å². The minimum atomic E-state index is -0.448. The summed E-state index contributed by atoms with van der Waals surface area (Å²) in [7, 11) is 4.85. The van der Waals surface area contributed by atoms with Gasteiger partial charge in [0.25, 0.3) is 0 Å². The fourth-order valence-electron chi connectivity index (χ4n) is 1.71. The number of halogens is 2. The molecule has 0 radical (unpaired) electrons. The van der Waals surface area contributed by atoms with Crippen molar-refractivity contribution in [2.24, 2.45) is 0 Å². The van der Waals surface area contributed by atoms with Crippen molar-refractivity contribution in [1.82, 2.24) is 5.32 Å². The molecule has 0 spiro atoms. The van der Waals surface area contributed by atoms with E-state index in [1.165, 1.54) is 6.07 Å². The zero-order chi connectivity index (χ0) is 12.8. The van der Waals surface area contributed by atoms with Crippen molar-refractivity contribution in [2.45, 2.75) is 18.8 Å². The highest BCUT2D eigenvalue weighted by Crippen LogP contribution is 2.21.